The lowest BCUT2D eigenvalue weighted by molar-refractivity contribution is -0.137. The fourth-order valence-corrected chi connectivity index (χ4v) is 3.75. The molecule has 166 valence electrons. The summed E-state index contributed by atoms with van der Waals surface area (Å²) in [6.07, 6.45) is -1.77. The summed E-state index contributed by atoms with van der Waals surface area (Å²) < 4.78 is 38.1. The first-order valence-electron chi connectivity index (χ1n) is 9.34. The van der Waals surface area contributed by atoms with Crippen molar-refractivity contribution in [3.05, 3.63) is 57.8 Å². The van der Waals surface area contributed by atoms with Crippen LogP contribution in [-0.2, 0) is 12.8 Å². The van der Waals surface area contributed by atoms with Gasteiger partial charge in [-0.15, -0.1) is 11.3 Å². The van der Waals surface area contributed by atoms with Crippen LogP contribution < -0.4 is 11.1 Å². The first-order valence-corrected chi connectivity index (χ1v) is 10.2. The van der Waals surface area contributed by atoms with Gasteiger partial charge in [0.2, 0.25) is 0 Å². The summed E-state index contributed by atoms with van der Waals surface area (Å²) in [5.41, 5.74) is 5.60. The molecule has 31 heavy (non-hydrogen) atoms. The molecule has 7 nitrogen and oxygen atoms in total. The molecule has 1 unspecified atom stereocenters. The van der Waals surface area contributed by atoms with E-state index in [0.717, 1.165) is 12.3 Å². The summed E-state index contributed by atoms with van der Waals surface area (Å²) in [5.74, 6) is -0.423. The normalized spacial score (nSPS) is 13.3. The number of nitrogens with two attached hydrogens (primary N) is 1. The second-order valence-electron chi connectivity index (χ2n) is 7.76. The van der Waals surface area contributed by atoms with Crippen molar-refractivity contribution in [3.63, 3.8) is 0 Å². The van der Waals surface area contributed by atoms with Crippen molar-refractivity contribution in [2.75, 3.05) is 0 Å². The van der Waals surface area contributed by atoms with E-state index in [1.165, 1.54) is 23.5 Å². The molecule has 5 N–H and O–H groups in total. The summed E-state index contributed by atoms with van der Waals surface area (Å²) in [7, 11) is 0. The Kier molecular flexibility index (Phi) is 6.48. The quantitative estimate of drug-likeness (QED) is 0.436. The predicted octanol–water partition coefficient (Wildman–Crippen LogP) is 3.64. The van der Waals surface area contributed by atoms with Crippen LogP contribution in [0.4, 0.5) is 13.2 Å². The molecule has 0 fully saturated rings. The lowest BCUT2D eigenvalue weighted by Gasteiger charge is -2.25. The van der Waals surface area contributed by atoms with E-state index in [9.17, 15) is 23.1 Å². The number of carbonyl (C=O) groups excluding carboxylic acids is 1. The largest absolute Gasteiger partial charge is 0.417 e. The van der Waals surface area contributed by atoms with Crippen LogP contribution in [0.15, 0.2) is 36.7 Å². The lowest BCUT2D eigenvalue weighted by atomic mass is 9.96. The number of hydrogen-bond acceptors (Lipinski definition) is 6. The predicted molar refractivity (Wildman–Crippen MR) is 110 cm³/mol. The molecule has 0 aliphatic carbocycles. The third kappa shape index (κ3) is 5.90. The number of H-pyrrole nitrogens is 1. The zero-order chi connectivity index (χ0) is 22.8. The molecule has 11 heteroatoms. The number of amides is 1. The maximum Gasteiger partial charge on any atom is 0.417 e. The molecule has 1 amide bonds. The minimum atomic E-state index is -4.47. The minimum absolute atomic E-state index is 0.148. The monoisotopic (exact) mass is 453 g/mol. The van der Waals surface area contributed by atoms with Crippen LogP contribution >= 0.6 is 11.3 Å². The van der Waals surface area contributed by atoms with Gasteiger partial charge < -0.3 is 21.1 Å². The van der Waals surface area contributed by atoms with Gasteiger partial charge in [0, 0.05) is 17.9 Å². The van der Waals surface area contributed by atoms with Crippen LogP contribution in [0.5, 0.6) is 0 Å². The molecule has 3 heterocycles. The van der Waals surface area contributed by atoms with E-state index in [1.54, 1.807) is 12.3 Å². The summed E-state index contributed by atoms with van der Waals surface area (Å²) in [6.45, 7) is 3.51. The maximum atomic E-state index is 12.8. The van der Waals surface area contributed by atoms with E-state index < -0.39 is 29.2 Å². The number of halogens is 3. The van der Waals surface area contributed by atoms with E-state index in [2.05, 4.69) is 20.3 Å². The highest BCUT2D eigenvalue weighted by atomic mass is 32.1. The Bertz CT molecular complexity index is 1040. The molecule has 3 aromatic rings. The molecule has 3 rings (SSSR count). The Labute approximate surface area is 180 Å². The first kappa shape index (κ1) is 22.9. The molecular formula is C20H22F3N5O2S. The smallest absolute Gasteiger partial charge is 0.391 e. The van der Waals surface area contributed by atoms with Crippen molar-refractivity contribution in [1.82, 2.24) is 20.3 Å². The topological polar surface area (TPSA) is 117 Å². The molecule has 3 aromatic heterocycles. The lowest BCUT2D eigenvalue weighted by Crippen LogP contribution is -2.39. The van der Waals surface area contributed by atoms with Gasteiger partial charge in [-0.25, -0.2) is 4.98 Å². The molecule has 0 aliphatic heterocycles. The van der Waals surface area contributed by atoms with Gasteiger partial charge in [-0.05, 0) is 44.5 Å². The zero-order valence-corrected chi connectivity index (χ0v) is 17.6. The summed E-state index contributed by atoms with van der Waals surface area (Å²) in [5, 5.41) is 12.8. The van der Waals surface area contributed by atoms with Crippen LogP contribution in [0, 0.1) is 0 Å². The molecule has 0 spiro atoms. The fourth-order valence-electron chi connectivity index (χ4n) is 2.92. The Hall–Kier alpha value is -2.76. The summed E-state index contributed by atoms with van der Waals surface area (Å²) >= 11 is 1.28. The highest BCUT2D eigenvalue weighted by Crippen LogP contribution is 2.30. The number of hydrogen-bond donors (Lipinski definition) is 4. The highest BCUT2D eigenvalue weighted by Gasteiger charge is 2.31. The maximum absolute atomic E-state index is 12.8. The first-order chi connectivity index (χ1) is 14.5. The van der Waals surface area contributed by atoms with Gasteiger partial charge in [-0.2, -0.15) is 13.2 Å². The number of aromatic amines is 1. The van der Waals surface area contributed by atoms with Crippen molar-refractivity contribution in [2.45, 2.75) is 44.6 Å². The number of aromatic nitrogens is 3. The number of thiazole rings is 1. The van der Waals surface area contributed by atoms with Crippen LogP contribution in [0.3, 0.4) is 0 Å². The molecule has 0 radical (unpaired) electrons. The molecular weight excluding hydrogens is 431 g/mol. The number of carbonyl (C=O) groups is 1. The second kappa shape index (κ2) is 8.77. The van der Waals surface area contributed by atoms with Gasteiger partial charge in [0.05, 0.1) is 34.5 Å². The van der Waals surface area contributed by atoms with E-state index in [0.29, 0.717) is 22.0 Å². The van der Waals surface area contributed by atoms with E-state index in [-0.39, 0.29) is 18.0 Å². The second-order valence-corrected chi connectivity index (χ2v) is 8.90. The Morgan fingerprint density at radius 2 is 1.97 bits per heavy atom. The number of nitrogens with one attached hydrogen (secondary N) is 2. The third-order valence-corrected chi connectivity index (χ3v) is 5.45. The average molecular weight is 453 g/mol. The Morgan fingerprint density at radius 3 is 2.52 bits per heavy atom. The summed E-state index contributed by atoms with van der Waals surface area (Å²) in [4.78, 5) is 24.4. The van der Waals surface area contributed by atoms with Crippen LogP contribution in [0.25, 0.3) is 11.4 Å². The van der Waals surface area contributed by atoms with Gasteiger partial charge >= 0.3 is 6.18 Å². The molecule has 0 aliphatic rings. The highest BCUT2D eigenvalue weighted by molar-refractivity contribution is 7.11. The van der Waals surface area contributed by atoms with Crippen molar-refractivity contribution in [1.29, 1.82) is 0 Å². The Morgan fingerprint density at radius 1 is 1.23 bits per heavy atom. The van der Waals surface area contributed by atoms with Gasteiger partial charge in [0.25, 0.3) is 5.91 Å². The van der Waals surface area contributed by atoms with Crippen molar-refractivity contribution >= 4 is 17.2 Å². The van der Waals surface area contributed by atoms with E-state index in [4.69, 9.17) is 5.73 Å². The van der Waals surface area contributed by atoms with Gasteiger partial charge in [-0.1, -0.05) is 0 Å². The minimum Gasteiger partial charge on any atom is -0.391 e. The fraction of sp³-hybridized carbons (Fsp3) is 0.350. The van der Waals surface area contributed by atoms with E-state index in [1.807, 2.05) is 13.8 Å². The van der Waals surface area contributed by atoms with Gasteiger partial charge in [0.1, 0.15) is 10.7 Å². The molecule has 0 saturated heterocycles. The van der Waals surface area contributed by atoms with Crippen LogP contribution in [0.1, 0.15) is 52.2 Å². The van der Waals surface area contributed by atoms with Crippen molar-refractivity contribution in [3.8, 4) is 11.4 Å². The molecule has 1 atom stereocenters. The van der Waals surface area contributed by atoms with Gasteiger partial charge in [-0.3, -0.25) is 9.78 Å². The van der Waals surface area contributed by atoms with Crippen LogP contribution in [0.2, 0.25) is 0 Å². The zero-order valence-electron chi connectivity index (χ0n) is 16.8. The van der Waals surface area contributed by atoms with Gasteiger partial charge in [0.15, 0.2) is 0 Å². The number of aliphatic hydroxyl groups is 1. The standard InChI is InChI=1S/C20H22F3N5O2S/c1-19(2,24)7-16(18-26-9-12(10-29)31-18)28-17(30)15-6-5-14(27-15)13-4-3-11(8-25-13)20(21,22)23/h3-6,8-9,16,27,29H,7,10,24H2,1-2H3,(H,28,30). The number of alkyl halides is 3. The number of pyridine rings is 1. The molecule has 0 saturated carbocycles. The molecule has 0 aromatic carbocycles. The van der Waals surface area contributed by atoms with Crippen LogP contribution in [-0.4, -0.2) is 31.5 Å². The average Bonchev–Trinajstić information content (AvgIpc) is 3.35. The molecule has 0 bridgehead atoms. The van der Waals surface area contributed by atoms with Crippen molar-refractivity contribution < 1.29 is 23.1 Å². The van der Waals surface area contributed by atoms with Crippen molar-refractivity contribution in [2.24, 2.45) is 5.73 Å². The Balaban J connectivity index is 1.78. The third-order valence-electron chi connectivity index (χ3n) is 4.36. The summed E-state index contributed by atoms with van der Waals surface area (Å²) in [6, 6.07) is 4.79. The van der Waals surface area contributed by atoms with E-state index >= 15 is 0 Å². The number of aliphatic hydroxyl groups excluding tert-OH is 1. The number of nitrogens with zero attached hydrogens (tertiary/aromatic N) is 2. The number of rotatable bonds is 7. The SMILES string of the molecule is CC(C)(N)CC(NC(=O)c1ccc(-c2ccc(C(F)(F)F)cn2)[nH]1)c1ncc(CO)s1.